The third-order valence-electron chi connectivity index (χ3n) is 2.98. The molecule has 1 aliphatic rings. The summed E-state index contributed by atoms with van der Waals surface area (Å²) in [6.07, 6.45) is -2.70. The highest BCUT2D eigenvalue weighted by atomic mass is 19.4. The number of fused-ring (bicyclic) bond motifs is 1. The Hall–Kier alpha value is -1.83. The van der Waals surface area contributed by atoms with Gasteiger partial charge in [-0.2, -0.15) is 13.2 Å². The lowest BCUT2D eigenvalue weighted by Crippen LogP contribution is -2.23. The zero-order chi connectivity index (χ0) is 15.5. The fourth-order valence-electron chi connectivity index (χ4n) is 2.25. The number of nitrogens with two attached hydrogens (primary N) is 2. The second kappa shape index (κ2) is 6.08. The molecule has 0 atom stereocenters. The van der Waals surface area contributed by atoms with Gasteiger partial charge in [0.25, 0.3) is 0 Å². The molecule has 0 saturated heterocycles. The fraction of sp³-hybridized carbons (Fsp3) is 0.500. The van der Waals surface area contributed by atoms with E-state index in [1.54, 1.807) is 0 Å². The smallest absolute Gasteiger partial charge is 0.351 e. The van der Waals surface area contributed by atoms with Gasteiger partial charge in [-0.3, -0.25) is 0 Å². The van der Waals surface area contributed by atoms with E-state index in [4.69, 9.17) is 5.73 Å². The predicted octanol–water partition coefficient (Wildman–Crippen LogP) is 1.96. The molecule has 0 spiro atoms. The van der Waals surface area contributed by atoms with E-state index in [-0.39, 0.29) is 11.3 Å². The number of primary amides is 1. The van der Waals surface area contributed by atoms with Crippen molar-refractivity contribution in [2.24, 2.45) is 11.5 Å². The molecule has 1 aliphatic carbocycles. The number of pyridine rings is 1. The number of urea groups is 1. The number of halogens is 3. The molecule has 8 heteroatoms. The summed E-state index contributed by atoms with van der Waals surface area (Å²) in [7, 11) is 1.50. The zero-order valence-electron chi connectivity index (χ0n) is 11.3. The van der Waals surface area contributed by atoms with Crippen LogP contribution in [0.1, 0.15) is 28.9 Å². The van der Waals surface area contributed by atoms with Gasteiger partial charge >= 0.3 is 12.2 Å². The summed E-state index contributed by atoms with van der Waals surface area (Å²) in [4.78, 5) is 14.6. The Morgan fingerprint density at radius 2 is 1.90 bits per heavy atom. The molecular formula is C12H17F3N4O. The van der Waals surface area contributed by atoms with Gasteiger partial charge in [0, 0.05) is 11.3 Å². The molecule has 1 heterocycles. The average Bonchev–Trinajstić information content (AvgIpc) is 2.81. The van der Waals surface area contributed by atoms with Gasteiger partial charge in [0.1, 0.15) is 5.69 Å². The lowest BCUT2D eigenvalue weighted by Gasteiger charge is -2.17. The highest BCUT2D eigenvalue weighted by molar-refractivity contribution is 5.90. The number of nitrogens with zero attached hydrogens (tertiary/aromatic N) is 1. The summed E-state index contributed by atoms with van der Waals surface area (Å²) in [5.41, 5.74) is 9.69. The molecule has 0 aromatic carbocycles. The van der Waals surface area contributed by atoms with Crippen molar-refractivity contribution in [1.82, 2.24) is 4.98 Å². The number of aryl methyl sites for hydroxylation is 1. The number of carbonyl (C=O) groups is 1. The monoisotopic (exact) mass is 290 g/mol. The highest BCUT2D eigenvalue weighted by Gasteiger charge is 2.37. The molecule has 20 heavy (non-hydrogen) atoms. The number of carbonyl (C=O) groups excluding carboxylic acids is 1. The van der Waals surface area contributed by atoms with Crippen LogP contribution in [0.25, 0.3) is 0 Å². The van der Waals surface area contributed by atoms with Crippen LogP contribution in [0.3, 0.4) is 0 Å². The number of hydrogen-bond donors (Lipinski definition) is 3. The molecule has 5 nitrogen and oxygen atoms in total. The van der Waals surface area contributed by atoms with Gasteiger partial charge in [-0.25, -0.2) is 9.78 Å². The molecule has 2 rings (SSSR count). The van der Waals surface area contributed by atoms with Crippen molar-refractivity contribution in [1.29, 1.82) is 0 Å². The lowest BCUT2D eigenvalue weighted by atomic mass is 10.1. The van der Waals surface area contributed by atoms with Crippen molar-refractivity contribution in [3.05, 3.63) is 22.5 Å². The maximum atomic E-state index is 12.8. The molecule has 0 unspecified atom stereocenters. The maximum absolute atomic E-state index is 12.8. The number of amides is 2. The van der Waals surface area contributed by atoms with Crippen LogP contribution in [0.2, 0.25) is 0 Å². The third-order valence-corrected chi connectivity index (χ3v) is 2.98. The van der Waals surface area contributed by atoms with Gasteiger partial charge in [-0.15, -0.1) is 0 Å². The van der Waals surface area contributed by atoms with Gasteiger partial charge < -0.3 is 16.8 Å². The zero-order valence-corrected chi connectivity index (χ0v) is 11.3. The number of rotatable bonds is 1. The van der Waals surface area contributed by atoms with Crippen molar-refractivity contribution in [2.75, 3.05) is 12.4 Å². The summed E-state index contributed by atoms with van der Waals surface area (Å²) in [6.45, 7) is 1.29. The average molecular weight is 290 g/mol. The molecular weight excluding hydrogens is 273 g/mol. The van der Waals surface area contributed by atoms with Crippen LogP contribution in [0, 0.1) is 6.92 Å². The minimum Gasteiger partial charge on any atom is -0.351 e. The summed E-state index contributed by atoms with van der Waals surface area (Å²) >= 11 is 0. The lowest BCUT2D eigenvalue weighted by molar-refractivity contribution is -0.141. The normalized spacial score (nSPS) is 13.3. The minimum atomic E-state index is -4.53. The first-order valence-corrected chi connectivity index (χ1v) is 6.04. The Balaban J connectivity index is 0.000000956. The van der Waals surface area contributed by atoms with E-state index in [9.17, 15) is 18.0 Å². The van der Waals surface area contributed by atoms with E-state index in [0.29, 0.717) is 24.1 Å². The summed E-state index contributed by atoms with van der Waals surface area (Å²) in [5, 5.41) is 2.28. The first-order valence-electron chi connectivity index (χ1n) is 6.04. The quantitative estimate of drug-likeness (QED) is 0.738. The topological polar surface area (TPSA) is 94.0 Å². The molecule has 0 radical (unpaired) electrons. The van der Waals surface area contributed by atoms with Crippen molar-refractivity contribution >= 4 is 11.7 Å². The van der Waals surface area contributed by atoms with Crippen molar-refractivity contribution in [2.45, 2.75) is 32.4 Å². The largest absolute Gasteiger partial charge is 0.433 e. The van der Waals surface area contributed by atoms with Crippen LogP contribution in [-0.4, -0.2) is 18.1 Å². The van der Waals surface area contributed by atoms with E-state index in [1.165, 1.54) is 14.0 Å². The number of alkyl halides is 3. The van der Waals surface area contributed by atoms with E-state index in [0.717, 1.165) is 6.42 Å². The van der Waals surface area contributed by atoms with Gasteiger partial charge in [0.05, 0.1) is 5.69 Å². The summed E-state index contributed by atoms with van der Waals surface area (Å²) in [6, 6.07) is -0.869. The van der Waals surface area contributed by atoms with Crippen LogP contribution >= 0.6 is 0 Å². The number of aromatic nitrogens is 1. The van der Waals surface area contributed by atoms with Crippen molar-refractivity contribution in [3.8, 4) is 0 Å². The van der Waals surface area contributed by atoms with Crippen LogP contribution in [0.5, 0.6) is 0 Å². The second-order valence-corrected chi connectivity index (χ2v) is 4.23. The molecule has 0 fully saturated rings. The minimum absolute atomic E-state index is 0.0815. The van der Waals surface area contributed by atoms with Gasteiger partial charge in [-0.1, -0.05) is 0 Å². The van der Waals surface area contributed by atoms with E-state index < -0.39 is 17.9 Å². The maximum Gasteiger partial charge on any atom is 0.433 e. The Morgan fingerprint density at radius 3 is 2.40 bits per heavy atom. The van der Waals surface area contributed by atoms with Crippen LogP contribution < -0.4 is 16.8 Å². The Morgan fingerprint density at radius 1 is 1.30 bits per heavy atom. The van der Waals surface area contributed by atoms with Crippen molar-refractivity contribution in [3.63, 3.8) is 0 Å². The van der Waals surface area contributed by atoms with Gasteiger partial charge in [-0.05, 0) is 38.8 Å². The first-order chi connectivity index (χ1) is 9.30. The highest BCUT2D eigenvalue weighted by Crippen LogP contribution is 2.38. The molecule has 1 aromatic heterocycles. The molecule has 5 N–H and O–H groups in total. The van der Waals surface area contributed by atoms with E-state index in [2.05, 4.69) is 16.0 Å². The fourth-order valence-corrected chi connectivity index (χ4v) is 2.25. The molecule has 0 aliphatic heterocycles. The number of nitrogens with one attached hydrogen (secondary N) is 1. The van der Waals surface area contributed by atoms with Gasteiger partial charge in [0.15, 0.2) is 0 Å². The Kier molecular flexibility index (Phi) is 4.93. The third kappa shape index (κ3) is 3.19. The van der Waals surface area contributed by atoms with E-state index >= 15 is 0 Å². The van der Waals surface area contributed by atoms with Crippen LogP contribution in [0.4, 0.5) is 23.7 Å². The molecule has 2 amide bonds. The SMILES string of the molecule is CN.Cc1c(C(F)(F)F)nc2c(c1NC(N)=O)CCC2. The molecule has 0 bridgehead atoms. The van der Waals surface area contributed by atoms with Gasteiger partial charge in [0.2, 0.25) is 0 Å². The molecule has 0 saturated carbocycles. The van der Waals surface area contributed by atoms with Crippen molar-refractivity contribution < 1.29 is 18.0 Å². The first kappa shape index (κ1) is 16.2. The summed E-state index contributed by atoms with van der Waals surface area (Å²) < 4.78 is 38.5. The van der Waals surface area contributed by atoms with Crippen LogP contribution in [-0.2, 0) is 19.0 Å². The molecule has 1 aromatic rings. The number of anilines is 1. The second-order valence-electron chi connectivity index (χ2n) is 4.23. The number of hydrogen-bond acceptors (Lipinski definition) is 3. The predicted molar refractivity (Wildman–Crippen MR) is 69.3 cm³/mol. The van der Waals surface area contributed by atoms with Crippen LogP contribution in [0.15, 0.2) is 0 Å². The van der Waals surface area contributed by atoms with E-state index in [1.807, 2.05) is 0 Å². The standard InChI is InChI=1S/C11H12F3N3O.CH5N/c1-5-8(17-10(15)18)6-3-2-4-7(6)16-9(5)11(12,13)14;1-2/h2-4H2,1H3,(H3,15,16,17,18);2H2,1H3. The summed E-state index contributed by atoms with van der Waals surface area (Å²) in [5.74, 6) is 0. The molecule has 112 valence electrons. The Bertz CT molecular complexity index is 514. The Labute approximate surface area is 114 Å².